The second-order valence-electron chi connectivity index (χ2n) is 7.23. The number of thioether (sulfide) groups is 1. The maximum atomic E-state index is 12.4. The molecule has 0 N–H and O–H groups in total. The van der Waals surface area contributed by atoms with E-state index in [-0.39, 0.29) is 5.56 Å². The van der Waals surface area contributed by atoms with E-state index in [4.69, 9.17) is 9.84 Å². The Hall–Kier alpha value is -0.890. The van der Waals surface area contributed by atoms with Gasteiger partial charge in [0.25, 0.3) is 5.56 Å². The monoisotopic (exact) mass is 364 g/mol. The van der Waals surface area contributed by atoms with Gasteiger partial charge in [-0.15, -0.1) is 0 Å². The van der Waals surface area contributed by atoms with Crippen LogP contribution < -0.4 is 5.56 Å². The molecule has 6 nitrogen and oxygen atoms in total. The molecular weight excluding hydrogens is 336 g/mol. The number of morpholine rings is 1. The first-order valence-corrected chi connectivity index (χ1v) is 10.7. The summed E-state index contributed by atoms with van der Waals surface area (Å²) in [5.74, 6) is 2.06. The van der Waals surface area contributed by atoms with Crippen LogP contribution in [-0.2, 0) is 23.5 Å². The van der Waals surface area contributed by atoms with Gasteiger partial charge in [-0.2, -0.15) is 16.9 Å². The maximum Gasteiger partial charge on any atom is 0.267 e. The van der Waals surface area contributed by atoms with Crippen molar-refractivity contribution in [1.82, 2.24) is 19.6 Å². The molecule has 0 saturated carbocycles. The van der Waals surface area contributed by atoms with E-state index >= 15 is 0 Å². The van der Waals surface area contributed by atoms with Crippen LogP contribution in [0.15, 0.2) is 10.9 Å². The summed E-state index contributed by atoms with van der Waals surface area (Å²) >= 11 is 1.90. The predicted molar refractivity (Wildman–Crippen MR) is 100 cm³/mol. The van der Waals surface area contributed by atoms with E-state index in [1.807, 2.05) is 17.8 Å². The molecule has 1 aromatic heterocycles. The maximum absolute atomic E-state index is 12.4. The number of fused-ring (bicyclic) bond motifs is 1. The molecule has 0 aromatic carbocycles. The van der Waals surface area contributed by atoms with Gasteiger partial charge in [-0.05, 0) is 30.7 Å². The highest BCUT2D eigenvalue weighted by molar-refractivity contribution is 7.98. The number of aromatic nitrogens is 2. The number of nitrogens with zero attached hydrogens (tertiary/aromatic N) is 4. The summed E-state index contributed by atoms with van der Waals surface area (Å²) in [5.41, 5.74) is 2.35. The third kappa shape index (κ3) is 4.27. The first-order chi connectivity index (χ1) is 12.3. The minimum atomic E-state index is 0.0706. The lowest BCUT2D eigenvalue weighted by Gasteiger charge is -2.31. The molecule has 1 unspecified atom stereocenters. The third-order valence-electron chi connectivity index (χ3n) is 5.59. The fourth-order valence-electron chi connectivity index (χ4n) is 4.07. The lowest BCUT2D eigenvalue weighted by atomic mass is 10.2. The number of hydrogen-bond donors (Lipinski definition) is 0. The second-order valence-corrected chi connectivity index (χ2v) is 8.33. The van der Waals surface area contributed by atoms with E-state index in [1.54, 1.807) is 4.68 Å². The first-order valence-electron chi connectivity index (χ1n) is 9.51. The van der Waals surface area contributed by atoms with Crippen molar-refractivity contribution in [3.8, 4) is 0 Å². The van der Waals surface area contributed by atoms with Crippen LogP contribution in [0.4, 0.5) is 0 Å². The van der Waals surface area contributed by atoms with Gasteiger partial charge in [0.1, 0.15) is 0 Å². The summed E-state index contributed by atoms with van der Waals surface area (Å²) in [5, 5.41) is 4.70. The number of aryl methyl sites for hydroxylation is 1. The Kier molecular flexibility index (Phi) is 5.75. The quantitative estimate of drug-likeness (QED) is 0.771. The van der Waals surface area contributed by atoms with Crippen LogP contribution in [0.5, 0.6) is 0 Å². The number of likely N-dealkylation sites (tertiary alicyclic amines) is 1. The Labute approximate surface area is 153 Å². The highest BCUT2D eigenvalue weighted by Crippen LogP contribution is 2.22. The molecule has 138 valence electrons. The second kappa shape index (κ2) is 8.20. The van der Waals surface area contributed by atoms with Crippen LogP contribution in [0.25, 0.3) is 0 Å². The zero-order valence-electron chi connectivity index (χ0n) is 14.9. The molecule has 3 aliphatic rings. The minimum Gasteiger partial charge on any atom is -0.379 e. The van der Waals surface area contributed by atoms with Crippen LogP contribution in [0.3, 0.4) is 0 Å². The van der Waals surface area contributed by atoms with E-state index in [0.29, 0.717) is 6.04 Å². The Balaban J connectivity index is 1.38. The van der Waals surface area contributed by atoms with Gasteiger partial charge in [-0.25, -0.2) is 4.68 Å². The topological polar surface area (TPSA) is 50.6 Å². The molecule has 3 aliphatic heterocycles. The highest BCUT2D eigenvalue weighted by Gasteiger charge is 2.26. The van der Waals surface area contributed by atoms with E-state index in [2.05, 4.69) is 9.80 Å². The molecule has 0 aliphatic carbocycles. The highest BCUT2D eigenvalue weighted by atomic mass is 32.2. The zero-order valence-corrected chi connectivity index (χ0v) is 15.7. The van der Waals surface area contributed by atoms with Crippen molar-refractivity contribution >= 4 is 11.8 Å². The summed E-state index contributed by atoms with van der Waals surface area (Å²) in [7, 11) is 0. The molecule has 1 aromatic rings. The number of hydrogen-bond acceptors (Lipinski definition) is 6. The zero-order chi connectivity index (χ0) is 17.1. The molecule has 7 heteroatoms. The lowest BCUT2D eigenvalue weighted by Crippen LogP contribution is -2.44. The molecule has 1 atom stereocenters. The Morgan fingerprint density at radius 2 is 2.12 bits per heavy atom. The Morgan fingerprint density at radius 3 is 3.00 bits per heavy atom. The van der Waals surface area contributed by atoms with E-state index in [9.17, 15) is 4.79 Å². The normalized spacial score (nSPS) is 25.2. The predicted octanol–water partition coefficient (Wildman–Crippen LogP) is 0.829. The molecule has 25 heavy (non-hydrogen) atoms. The van der Waals surface area contributed by atoms with Crippen molar-refractivity contribution in [2.75, 3.05) is 51.7 Å². The van der Waals surface area contributed by atoms with Gasteiger partial charge in [-0.3, -0.25) is 14.6 Å². The van der Waals surface area contributed by atoms with Crippen molar-refractivity contribution in [3.05, 3.63) is 27.7 Å². The van der Waals surface area contributed by atoms with Crippen LogP contribution in [-0.4, -0.2) is 77.3 Å². The van der Waals surface area contributed by atoms with Gasteiger partial charge in [-0.1, -0.05) is 0 Å². The van der Waals surface area contributed by atoms with Crippen molar-refractivity contribution in [2.45, 2.75) is 37.6 Å². The van der Waals surface area contributed by atoms with Gasteiger partial charge in [0.2, 0.25) is 0 Å². The third-order valence-corrected chi connectivity index (χ3v) is 6.60. The smallest absolute Gasteiger partial charge is 0.267 e. The summed E-state index contributed by atoms with van der Waals surface area (Å²) in [6.07, 6.45) is 3.39. The minimum absolute atomic E-state index is 0.0706. The van der Waals surface area contributed by atoms with Gasteiger partial charge in [0.05, 0.1) is 25.5 Å². The molecule has 2 saturated heterocycles. The SMILES string of the molecule is O=c1cc2c(nn1CC1CCCN1CCN1CCOCC1)CCSC2. The largest absolute Gasteiger partial charge is 0.379 e. The molecule has 0 amide bonds. The van der Waals surface area contributed by atoms with Gasteiger partial charge >= 0.3 is 0 Å². The molecule has 0 radical (unpaired) electrons. The average Bonchev–Trinajstić information content (AvgIpc) is 3.08. The lowest BCUT2D eigenvalue weighted by molar-refractivity contribution is 0.0322. The fraction of sp³-hybridized carbons (Fsp3) is 0.778. The van der Waals surface area contributed by atoms with Crippen LogP contribution >= 0.6 is 11.8 Å². The van der Waals surface area contributed by atoms with Crippen molar-refractivity contribution in [1.29, 1.82) is 0 Å². The summed E-state index contributed by atoms with van der Waals surface area (Å²) in [6, 6.07) is 2.27. The molecular formula is C18H28N4O2S. The standard InChI is InChI=1S/C18H28N4O2S/c23-18-12-15-14-25-11-3-17(15)19-22(18)13-16-2-1-4-21(16)6-5-20-7-9-24-10-8-20/h12,16H,1-11,13-14H2. The molecule has 4 heterocycles. The van der Waals surface area contributed by atoms with Crippen LogP contribution in [0.2, 0.25) is 0 Å². The number of ether oxygens (including phenoxy) is 1. The van der Waals surface area contributed by atoms with Crippen molar-refractivity contribution in [2.24, 2.45) is 0 Å². The number of rotatable bonds is 5. The van der Waals surface area contributed by atoms with Gasteiger partial charge in [0, 0.05) is 50.5 Å². The van der Waals surface area contributed by atoms with E-state index in [0.717, 1.165) is 81.7 Å². The fourth-order valence-corrected chi connectivity index (χ4v) is 5.03. The van der Waals surface area contributed by atoms with Gasteiger partial charge < -0.3 is 4.74 Å². The van der Waals surface area contributed by atoms with E-state index in [1.165, 1.54) is 12.8 Å². The molecule has 0 spiro atoms. The summed E-state index contributed by atoms with van der Waals surface area (Å²) in [6.45, 7) is 7.87. The van der Waals surface area contributed by atoms with Gasteiger partial charge in [0.15, 0.2) is 0 Å². The first kappa shape index (κ1) is 17.5. The molecule has 2 fully saturated rings. The Morgan fingerprint density at radius 1 is 1.24 bits per heavy atom. The molecule has 4 rings (SSSR count). The summed E-state index contributed by atoms with van der Waals surface area (Å²) < 4.78 is 7.16. The van der Waals surface area contributed by atoms with Crippen LogP contribution in [0, 0.1) is 0 Å². The van der Waals surface area contributed by atoms with Crippen LogP contribution in [0.1, 0.15) is 24.1 Å². The average molecular weight is 365 g/mol. The van der Waals surface area contributed by atoms with Crippen molar-refractivity contribution < 1.29 is 4.74 Å². The van der Waals surface area contributed by atoms with E-state index < -0.39 is 0 Å². The Bertz CT molecular complexity index is 644. The summed E-state index contributed by atoms with van der Waals surface area (Å²) in [4.78, 5) is 17.5. The molecule has 0 bridgehead atoms. The van der Waals surface area contributed by atoms with Crippen molar-refractivity contribution in [3.63, 3.8) is 0 Å².